The number of rotatable bonds is 7. The second-order valence-electron chi connectivity index (χ2n) is 3.70. The third-order valence-corrected chi connectivity index (χ3v) is 2.35. The Bertz CT molecular complexity index is 195. The highest BCUT2D eigenvalue weighted by atomic mass is 32.1. The van der Waals surface area contributed by atoms with Crippen LogP contribution < -0.4 is 10.6 Å². The molecule has 0 aliphatic heterocycles. The van der Waals surface area contributed by atoms with E-state index in [0.717, 1.165) is 13.0 Å². The number of unbranched alkanes of at least 4 members (excludes halogenated alkanes) is 5. The van der Waals surface area contributed by atoms with Crippen LogP contribution in [0.25, 0.3) is 0 Å². The summed E-state index contributed by atoms with van der Waals surface area (Å²) in [5, 5.41) is 5.98. The molecule has 0 atom stereocenters. The van der Waals surface area contributed by atoms with Gasteiger partial charge in [-0.1, -0.05) is 39.0 Å². The van der Waals surface area contributed by atoms with Crippen molar-refractivity contribution in [2.24, 2.45) is 0 Å². The van der Waals surface area contributed by atoms with Crippen LogP contribution in [0.4, 0.5) is 0 Å². The van der Waals surface area contributed by atoms with Crippen molar-refractivity contribution >= 4 is 23.2 Å². The predicted octanol–water partition coefficient (Wildman–Crippen LogP) is 2.36. The Kier molecular flexibility index (Phi) is 9.48. The summed E-state index contributed by atoms with van der Waals surface area (Å²) in [5.41, 5.74) is 0. The Morgan fingerprint density at radius 3 is 2.33 bits per heavy atom. The number of carbonyl (C=O) groups excluding carboxylic acids is 1. The first-order valence-corrected chi connectivity index (χ1v) is 6.13. The normalized spacial score (nSPS) is 9.73. The van der Waals surface area contributed by atoms with Gasteiger partial charge in [0.05, 0.1) is 0 Å². The lowest BCUT2D eigenvalue weighted by Gasteiger charge is -2.07. The molecule has 0 spiro atoms. The highest BCUT2D eigenvalue weighted by molar-refractivity contribution is 7.80. The molecule has 0 rings (SSSR count). The lowest BCUT2D eigenvalue weighted by molar-refractivity contribution is -0.117. The fourth-order valence-electron chi connectivity index (χ4n) is 1.31. The lowest BCUT2D eigenvalue weighted by atomic mass is 10.1. The quantitative estimate of drug-likeness (QED) is 0.521. The number of carbonyl (C=O) groups is 1. The molecule has 4 heteroatoms. The van der Waals surface area contributed by atoms with E-state index in [1.807, 2.05) is 0 Å². The first kappa shape index (κ1) is 14.4. The van der Waals surface area contributed by atoms with Gasteiger partial charge in [-0.3, -0.25) is 4.79 Å². The minimum atomic E-state index is -0.115. The maximum atomic E-state index is 10.6. The lowest BCUT2D eigenvalue weighted by Crippen LogP contribution is -2.38. The molecule has 0 aromatic carbocycles. The van der Waals surface area contributed by atoms with Gasteiger partial charge in [0.1, 0.15) is 0 Å². The predicted molar refractivity (Wildman–Crippen MR) is 67.8 cm³/mol. The summed E-state index contributed by atoms with van der Waals surface area (Å²) in [6.45, 7) is 4.53. The number of amides is 1. The first-order valence-electron chi connectivity index (χ1n) is 5.72. The summed E-state index contributed by atoms with van der Waals surface area (Å²) in [7, 11) is 0. The fourth-order valence-corrected chi connectivity index (χ4v) is 1.56. The van der Waals surface area contributed by atoms with Crippen molar-refractivity contribution in [3.8, 4) is 0 Å². The second-order valence-corrected chi connectivity index (χ2v) is 4.11. The highest BCUT2D eigenvalue weighted by Crippen LogP contribution is 2.03. The molecule has 0 fully saturated rings. The van der Waals surface area contributed by atoms with Crippen molar-refractivity contribution < 1.29 is 4.79 Å². The highest BCUT2D eigenvalue weighted by Gasteiger charge is 1.96. The minimum Gasteiger partial charge on any atom is -0.362 e. The van der Waals surface area contributed by atoms with Gasteiger partial charge < -0.3 is 10.6 Å². The number of nitrogens with one attached hydrogen (secondary N) is 2. The van der Waals surface area contributed by atoms with Crippen molar-refractivity contribution in [1.29, 1.82) is 0 Å². The molecular weight excluding hydrogens is 208 g/mol. The van der Waals surface area contributed by atoms with E-state index in [1.165, 1.54) is 39.0 Å². The Morgan fingerprint density at radius 2 is 1.73 bits per heavy atom. The first-order chi connectivity index (χ1) is 7.16. The SMILES string of the molecule is CCCCCCCCNC(=S)NC(C)=O. The van der Waals surface area contributed by atoms with Crippen LogP contribution in [-0.2, 0) is 4.79 Å². The molecule has 0 aromatic heterocycles. The van der Waals surface area contributed by atoms with Crippen LogP contribution in [0.15, 0.2) is 0 Å². The van der Waals surface area contributed by atoms with Gasteiger partial charge in [-0.25, -0.2) is 0 Å². The molecule has 0 unspecified atom stereocenters. The van der Waals surface area contributed by atoms with E-state index in [1.54, 1.807) is 0 Å². The summed E-state index contributed by atoms with van der Waals surface area (Å²) < 4.78 is 0. The third kappa shape index (κ3) is 11.3. The van der Waals surface area contributed by atoms with Crippen LogP contribution in [0, 0.1) is 0 Å². The second kappa shape index (κ2) is 9.90. The van der Waals surface area contributed by atoms with Crippen molar-refractivity contribution in [2.45, 2.75) is 52.4 Å². The van der Waals surface area contributed by atoms with Gasteiger partial charge in [-0.05, 0) is 18.6 Å². The summed E-state index contributed by atoms with van der Waals surface area (Å²) in [4.78, 5) is 10.6. The molecule has 3 nitrogen and oxygen atoms in total. The molecule has 0 aliphatic rings. The number of thiocarbonyl (C=S) groups is 1. The van der Waals surface area contributed by atoms with Crippen molar-refractivity contribution in [2.75, 3.05) is 6.54 Å². The average Bonchev–Trinajstić information content (AvgIpc) is 2.15. The van der Waals surface area contributed by atoms with Crippen LogP contribution in [0.5, 0.6) is 0 Å². The molecule has 1 amide bonds. The minimum absolute atomic E-state index is 0.115. The topological polar surface area (TPSA) is 41.1 Å². The molecular formula is C11H22N2OS. The van der Waals surface area contributed by atoms with Crippen molar-refractivity contribution in [1.82, 2.24) is 10.6 Å². The molecule has 0 radical (unpaired) electrons. The van der Waals surface area contributed by atoms with Crippen LogP contribution in [0.3, 0.4) is 0 Å². The number of hydrogen-bond donors (Lipinski definition) is 2. The van der Waals surface area contributed by atoms with E-state index >= 15 is 0 Å². The van der Waals surface area contributed by atoms with E-state index < -0.39 is 0 Å². The smallest absolute Gasteiger partial charge is 0.222 e. The van der Waals surface area contributed by atoms with Crippen LogP contribution >= 0.6 is 12.2 Å². The summed E-state index contributed by atoms with van der Waals surface area (Å²) in [5.74, 6) is -0.115. The van der Waals surface area contributed by atoms with Gasteiger partial charge in [0.15, 0.2) is 5.11 Å². The molecule has 0 aromatic rings. The Balaban J connectivity index is 3.16. The Hall–Kier alpha value is -0.640. The van der Waals surface area contributed by atoms with Crippen LogP contribution in [0.1, 0.15) is 52.4 Å². The molecule has 0 heterocycles. The largest absolute Gasteiger partial charge is 0.362 e. The van der Waals surface area contributed by atoms with E-state index in [2.05, 4.69) is 17.6 Å². The zero-order chi connectivity index (χ0) is 11.5. The maximum absolute atomic E-state index is 10.6. The molecule has 0 saturated heterocycles. The summed E-state index contributed by atoms with van der Waals surface area (Å²) in [6.07, 6.45) is 7.58. The van der Waals surface area contributed by atoms with Crippen molar-refractivity contribution in [3.63, 3.8) is 0 Å². The Labute approximate surface area is 98.0 Å². The summed E-state index contributed by atoms with van der Waals surface area (Å²) in [6, 6.07) is 0. The molecule has 15 heavy (non-hydrogen) atoms. The van der Waals surface area contributed by atoms with E-state index in [4.69, 9.17) is 12.2 Å². The maximum Gasteiger partial charge on any atom is 0.222 e. The number of hydrogen-bond acceptors (Lipinski definition) is 2. The Morgan fingerprint density at radius 1 is 1.13 bits per heavy atom. The van der Waals surface area contributed by atoms with Gasteiger partial charge >= 0.3 is 0 Å². The monoisotopic (exact) mass is 230 g/mol. The molecule has 0 saturated carbocycles. The average molecular weight is 230 g/mol. The zero-order valence-corrected chi connectivity index (χ0v) is 10.6. The van der Waals surface area contributed by atoms with E-state index in [0.29, 0.717) is 5.11 Å². The summed E-state index contributed by atoms with van der Waals surface area (Å²) >= 11 is 4.91. The van der Waals surface area contributed by atoms with Crippen molar-refractivity contribution in [3.05, 3.63) is 0 Å². The molecule has 88 valence electrons. The molecule has 0 bridgehead atoms. The van der Waals surface area contributed by atoms with E-state index in [-0.39, 0.29) is 5.91 Å². The van der Waals surface area contributed by atoms with Gasteiger partial charge in [0.2, 0.25) is 5.91 Å². The molecule has 2 N–H and O–H groups in total. The van der Waals surface area contributed by atoms with Gasteiger partial charge in [0.25, 0.3) is 0 Å². The standard InChI is InChI=1S/C11H22N2OS/c1-3-4-5-6-7-8-9-12-11(15)13-10(2)14/h3-9H2,1-2H3,(H2,12,13,14,15). The third-order valence-electron chi connectivity index (χ3n) is 2.11. The van der Waals surface area contributed by atoms with E-state index in [9.17, 15) is 4.79 Å². The van der Waals surface area contributed by atoms with Crippen LogP contribution in [-0.4, -0.2) is 17.6 Å². The zero-order valence-electron chi connectivity index (χ0n) is 9.77. The van der Waals surface area contributed by atoms with Gasteiger partial charge in [-0.15, -0.1) is 0 Å². The van der Waals surface area contributed by atoms with Gasteiger partial charge in [0, 0.05) is 13.5 Å². The van der Waals surface area contributed by atoms with Gasteiger partial charge in [-0.2, -0.15) is 0 Å². The molecule has 0 aliphatic carbocycles. The van der Waals surface area contributed by atoms with Crippen LogP contribution in [0.2, 0.25) is 0 Å². The fraction of sp³-hybridized carbons (Fsp3) is 0.818.